The summed E-state index contributed by atoms with van der Waals surface area (Å²) in [4.78, 5) is 8.36. The van der Waals surface area contributed by atoms with Crippen LogP contribution in [0.15, 0.2) is 4.47 Å². The molecule has 0 atom stereocenters. The Labute approximate surface area is 97.1 Å². The van der Waals surface area contributed by atoms with Gasteiger partial charge in [-0.1, -0.05) is 0 Å². The van der Waals surface area contributed by atoms with E-state index in [0.29, 0.717) is 35.9 Å². The Kier molecular flexibility index (Phi) is 4.93. The predicted molar refractivity (Wildman–Crippen MR) is 60.2 cm³/mol. The molecule has 0 radical (unpaired) electrons. The lowest BCUT2D eigenvalue weighted by Crippen LogP contribution is -2.07. The van der Waals surface area contributed by atoms with Crippen molar-refractivity contribution < 1.29 is 9.47 Å². The minimum Gasteiger partial charge on any atom is -0.383 e. The zero-order valence-electron chi connectivity index (χ0n) is 8.79. The van der Waals surface area contributed by atoms with E-state index in [-0.39, 0.29) is 0 Å². The van der Waals surface area contributed by atoms with E-state index in [2.05, 4.69) is 25.9 Å². The zero-order valence-corrected chi connectivity index (χ0v) is 10.4. The molecule has 0 bridgehead atoms. The molecule has 0 saturated carbocycles. The molecule has 0 spiro atoms. The van der Waals surface area contributed by atoms with Crippen molar-refractivity contribution in [2.24, 2.45) is 0 Å². The highest BCUT2D eigenvalue weighted by atomic mass is 79.9. The SMILES string of the molecule is CCOCc1nc(N)c(Br)c(COC)n1. The van der Waals surface area contributed by atoms with Crippen LogP contribution in [0.4, 0.5) is 5.82 Å². The highest BCUT2D eigenvalue weighted by Gasteiger charge is 2.09. The van der Waals surface area contributed by atoms with Crippen molar-refractivity contribution in [1.29, 1.82) is 0 Å². The third-order valence-electron chi connectivity index (χ3n) is 1.71. The van der Waals surface area contributed by atoms with E-state index < -0.39 is 0 Å². The summed E-state index contributed by atoms with van der Waals surface area (Å²) in [5.74, 6) is 0.983. The third-order valence-corrected chi connectivity index (χ3v) is 2.57. The second-order valence-electron chi connectivity index (χ2n) is 2.86. The Morgan fingerprint density at radius 1 is 1.33 bits per heavy atom. The number of nitrogen functional groups attached to an aromatic ring is 1. The fraction of sp³-hybridized carbons (Fsp3) is 0.556. The minimum atomic E-state index is 0.366. The Balaban J connectivity index is 2.90. The number of hydrogen-bond acceptors (Lipinski definition) is 5. The highest BCUT2D eigenvalue weighted by molar-refractivity contribution is 9.10. The van der Waals surface area contributed by atoms with Crippen molar-refractivity contribution in [1.82, 2.24) is 9.97 Å². The molecule has 1 aromatic rings. The highest BCUT2D eigenvalue weighted by Crippen LogP contribution is 2.21. The molecule has 0 aliphatic rings. The van der Waals surface area contributed by atoms with Crippen LogP contribution in [-0.2, 0) is 22.7 Å². The van der Waals surface area contributed by atoms with Gasteiger partial charge >= 0.3 is 0 Å². The second kappa shape index (κ2) is 5.99. The first-order valence-corrected chi connectivity index (χ1v) is 5.35. The Bertz CT molecular complexity index is 333. The van der Waals surface area contributed by atoms with E-state index in [0.717, 1.165) is 5.69 Å². The van der Waals surface area contributed by atoms with Crippen molar-refractivity contribution in [2.45, 2.75) is 20.1 Å². The first-order valence-electron chi connectivity index (χ1n) is 4.56. The Hall–Kier alpha value is -0.720. The molecule has 5 nitrogen and oxygen atoms in total. The summed E-state index contributed by atoms with van der Waals surface area (Å²) in [7, 11) is 1.60. The molecule has 0 fully saturated rings. The summed E-state index contributed by atoms with van der Waals surface area (Å²) in [6.07, 6.45) is 0. The number of nitrogens with zero attached hydrogens (tertiary/aromatic N) is 2. The summed E-state index contributed by atoms with van der Waals surface area (Å²) in [6.45, 7) is 3.30. The molecule has 0 aliphatic carbocycles. The van der Waals surface area contributed by atoms with Gasteiger partial charge in [-0.2, -0.15) is 0 Å². The summed E-state index contributed by atoms with van der Waals surface area (Å²) < 4.78 is 10.9. The number of methoxy groups -OCH3 is 1. The van der Waals surface area contributed by atoms with Gasteiger partial charge in [0, 0.05) is 13.7 Å². The molecule has 0 aliphatic heterocycles. The molecule has 0 amide bonds. The van der Waals surface area contributed by atoms with Gasteiger partial charge in [0.1, 0.15) is 12.4 Å². The molecule has 0 unspecified atom stereocenters. The van der Waals surface area contributed by atoms with E-state index in [1.807, 2.05) is 6.92 Å². The normalized spacial score (nSPS) is 10.6. The van der Waals surface area contributed by atoms with Gasteiger partial charge in [-0.05, 0) is 22.9 Å². The van der Waals surface area contributed by atoms with Crippen molar-refractivity contribution in [2.75, 3.05) is 19.5 Å². The summed E-state index contributed by atoms with van der Waals surface area (Å²) in [5.41, 5.74) is 6.45. The number of anilines is 1. The van der Waals surface area contributed by atoms with Crippen LogP contribution in [0.3, 0.4) is 0 Å². The van der Waals surface area contributed by atoms with Crippen molar-refractivity contribution in [3.63, 3.8) is 0 Å². The van der Waals surface area contributed by atoms with Crippen LogP contribution in [-0.4, -0.2) is 23.7 Å². The molecule has 1 heterocycles. The molecule has 15 heavy (non-hydrogen) atoms. The lowest BCUT2D eigenvalue weighted by Gasteiger charge is -2.08. The summed E-state index contributed by atoms with van der Waals surface area (Å²) in [5, 5.41) is 0. The van der Waals surface area contributed by atoms with Crippen LogP contribution < -0.4 is 5.73 Å². The van der Waals surface area contributed by atoms with Gasteiger partial charge in [0.05, 0.1) is 16.8 Å². The van der Waals surface area contributed by atoms with Crippen LogP contribution >= 0.6 is 15.9 Å². The standard InChI is InChI=1S/C9H14BrN3O2/c1-3-15-5-7-12-6(4-14-2)8(10)9(11)13-7/h3-5H2,1-2H3,(H2,11,12,13). The van der Waals surface area contributed by atoms with E-state index >= 15 is 0 Å². The van der Waals surface area contributed by atoms with Crippen LogP contribution in [0, 0.1) is 0 Å². The van der Waals surface area contributed by atoms with Crippen LogP contribution in [0.5, 0.6) is 0 Å². The van der Waals surface area contributed by atoms with Gasteiger partial charge in [-0.25, -0.2) is 9.97 Å². The first-order chi connectivity index (χ1) is 7.19. The Morgan fingerprint density at radius 2 is 2.07 bits per heavy atom. The maximum absolute atomic E-state index is 5.71. The van der Waals surface area contributed by atoms with Gasteiger partial charge < -0.3 is 15.2 Å². The molecule has 6 heteroatoms. The van der Waals surface area contributed by atoms with Crippen molar-refractivity contribution in [3.05, 3.63) is 16.0 Å². The van der Waals surface area contributed by atoms with Gasteiger partial charge in [0.2, 0.25) is 0 Å². The molecular weight excluding hydrogens is 262 g/mol. The van der Waals surface area contributed by atoms with E-state index in [4.69, 9.17) is 15.2 Å². The fourth-order valence-corrected chi connectivity index (χ4v) is 1.35. The molecule has 1 rings (SSSR count). The minimum absolute atomic E-state index is 0.366. The maximum atomic E-state index is 5.71. The Morgan fingerprint density at radius 3 is 2.67 bits per heavy atom. The number of nitrogens with two attached hydrogens (primary N) is 1. The van der Waals surface area contributed by atoms with Gasteiger partial charge in [-0.15, -0.1) is 0 Å². The zero-order chi connectivity index (χ0) is 11.3. The lowest BCUT2D eigenvalue weighted by atomic mass is 10.4. The number of hydrogen-bond donors (Lipinski definition) is 1. The predicted octanol–water partition coefficient (Wildman–Crippen LogP) is 1.50. The van der Waals surface area contributed by atoms with Crippen molar-refractivity contribution >= 4 is 21.7 Å². The first kappa shape index (κ1) is 12.4. The van der Waals surface area contributed by atoms with Gasteiger partial charge in [-0.3, -0.25) is 0 Å². The molecule has 84 valence electrons. The van der Waals surface area contributed by atoms with Crippen LogP contribution in [0.1, 0.15) is 18.4 Å². The number of aromatic nitrogens is 2. The number of halogens is 1. The average molecular weight is 276 g/mol. The molecule has 0 aromatic carbocycles. The third kappa shape index (κ3) is 3.40. The molecule has 1 aromatic heterocycles. The van der Waals surface area contributed by atoms with Gasteiger partial charge in [0.15, 0.2) is 5.82 Å². The molecule has 2 N–H and O–H groups in total. The van der Waals surface area contributed by atoms with E-state index in [1.165, 1.54) is 0 Å². The molecule has 0 saturated heterocycles. The fourth-order valence-electron chi connectivity index (χ4n) is 1.06. The maximum Gasteiger partial charge on any atom is 0.156 e. The largest absolute Gasteiger partial charge is 0.383 e. The quantitative estimate of drug-likeness (QED) is 0.882. The topological polar surface area (TPSA) is 70.3 Å². The van der Waals surface area contributed by atoms with Crippen LogP contribution in [0.25, 0.3) is 0 Å². The van der Waals surface area contributed by atoms with Crippen LogP contribution in [0.2, 0.25) is 0 Å². The smallest absolute Gasteiger partial charge is 0.156 e. The van der Waals surface area contributed by atoms with Gasteiger partial charge in [0.25, 0.3) is 0 Å². The number of rotatable bonds is 5. The lowest BCUT2D eigenvalue weighted by molar-refractivity contribution is 0.127. The molecular formula is C9H14BrN3O2. The number of ether oxygens (including phenoxy) is 2. The van der Waals surface area contributed by atoms with Crippen molar-refractivity contribution in [3.8, 4) is 0 Å². The monoisotopic (exact) mass is 275 g/mol. The van der Waals surface area contributed by atoms with E-state index in [9.17, 15) is 0 Å². The second-order valence-corrected chi connectivity index (χ2v) is 3.65. The summed E-state index contributed by atoms with van der Waals surface area (Å²) in [6, 6.07) is 0. The average Bonchev–Trinajstić information content (AvgIpc) is 2.22. The van der Waals surface area contributed by atoms with E-state index in [1.54, 1.807) is 7.11 Å². The summed E-state index contributed by atoms with van der Waals surface area (Å²) >= 11 is 3.31.